The standard InChI is InChI=1S/C8H6S.C7H7NO.C3H7NO/c1-2-4-8-7(3-1)5-6-9-8;8-7(9)6-4-2-1-3-5-6;1-3(5)4-2/h1-6H;1-5H,(H2,8,9);1-2H3,(H,4,5). The summed E-state index contributed by atoms with van der Waals surface area (Å²) in [5, 5.41) is 5.85. The van der Waals surface area contributed by atoms with Crippen LogP contribution in [0.15, 0.2) is 66.0 Å². The molecule has 120 valence electrons. The third-order valence-corrected chi connectivity index (χ3v) is 3.67. The summed E-state index contributed by atoms with van der Waals surface area (Å²) in [6, 6.07) is 19.3. The number of carbonyl (C=O) groups is 2. The zero-order valence-corrected chi connectivity index (χ0v) is 14.0. The molecule has 1 aromatic heterocycles. The van der Waals surface area contributed by atoms with Gasteiger partial charge < -0.3 is 11.1 Å². The van der Waals surface area contributed by atoms with Gasteiger partial charge in [0.15, 0.2) is 0 Å². The molecule has 5 heteroatoms. The van der Waals surface area contributed by atoms with Gasteiger partial charge in [-0.25, -0.2) is 0 Å². The molecule has 0 aliphatic heterocycles. The number of thiophene rings is 1. The molecule has 1 heterocycles. The highest BCUT2D eigenvalue weighted by Crippen LogP contribution is 2.18. The number of amides is 2. The lowest BCUT2D eigenvalue weighted by Gasteiger charge is -1.89. The van der Waals surface area contributed by atoms with Crippen molar-refractivity contribution in [1.29, 1.82) is 0 Å². The Balaban J connectivity index is 0.000000182. The van der Waals surface area contributed by atoms with Crippen molar-refractivity contribution in [3.8, 4) is 0 Å². The summed E-state index contributed by atoms with van der Waals surface area (Å²) in [4.78, 5) is 20.1. The second-order valence-electron chi connectivity index (χ2n) is 4.49. The third-order valence-electron chi connectivity index (χ3n) is 2.77. The lowest BCUT2D eigenvalue weighted by Crippen LogP contribution is -2.11. The summed E-state index contributed by atoms with van der Waals surface area (Å²) in [5.74, 6) is -0.374. The number of benzene rings is 2. The number of nitrogens with one attached hydrogen (secondary N) is 1. The summed E-state index contributed by atoms with van der Waals surface area (Å²) in [6.07, 6.45) is 0. The first-order valence-electron chi connectivity index (χ1n) is 7.00. The molecule has 4 nitrogen and oxygen atoms in total. The van der Waals surface area contributed by atoms with E-state index in [1.807, 2.05) is 6.07 Å². The van der Waals surface area contributed by atoms with Crippen molar-refractivity contribution < 1.29 is 9.59 Å². The predicted molar refractivity (Wildman–Crippen MR) is 96.5 cm³/mol. The molecule has 0 spiro atoms. The lowest BCUT2D eigenvalue weighted by atomic mass is 10.2. The van der Waals surface area contributed by atoms with Crippen LogP contribution in [0.5, 0.6) is 0 Å². The maximum absolute atomic E-state index is 10.4. The van der Waals surface area contributed by atoms with Gasteiger partial charge in [-0.1, -0.05) is 36.4 Å². The maximum Gasteiger partial charge on any atom is 0.248 e. The molecule has 0 radical (unpaired) electrons. The fraction of sp³-hybridized carbons (Fsp3) is 0.111. The lowest BCUT2D eigenvalue weighted by molar-refractivity contribution is -0.118. The van der Waals surface area contributed by atoms with Crippen LogP contribution >= 0.6 is 11.3 Å². The monoisotopic (exact) mass is 328 g/mol. The van der Waals surface area contributed by atoms with E-state index in [1.165, 1.54) is 17.0 Å². The van der Waals surface area contributed by atoms with E-state index in [2.05, 4.69) is 41.0 Å². The van der Waals surface area contributed by atoms with Crippen LogP contribution in [0.25, 0.3) is 10.1 Å². The fourth-order valence-corrected chi connectivity index (χ4v) is 2.30. The molecule has 0 saturated heterocycles. The fourth-order valence-electron chi connectivity index (χ4n) is 1.51. The average molecular weight is 328 g/mol. The third kappa shape index (κ3) is 7.24. The van der Waals surface area contributed by atoms with E-state index in [0.29, 0.717) is 5.56 Å². The molecular weight excluding hydrogens is 308 g/mol. The first-order valence-corrected chi connectivity index (χ1v) is 7.88. The summed E-state index contributed by atoms with van der Waals surface area (Å²) in [5.41, 5.74) is 5.53. The van der Waals surface area contributed by atoms with Crippen molar-refractivity contribution in [1.82, 2.24) is 5.32 Å². The van der Waals surface area contributed by atoms with Gasteiger partial charge in [0.05, 0.1) is 0 Å². The van der Waals surface area contributed by atoms with Crippen LogP contribution in [0, 0.1) is 0 Å². The summed E-state index contributed by atoms with van der Waals surface area (Å²) >= 11 is 1.79. The molecular formula is C18H20N2O2S. The molecule has 2 amide bonds. The predicted octanol–water partition coefficient (Wildman–Crippen LogP) is 3.44. The minimum atomic E-state index is -0.379. The quantitative estimate of drug-likeness (QED) is 0.718. The number of hydrogen-bond acceptors (Lipinski definition) is 3. The van der Waals surface area contributed by atoms with Gasteiger partial charge in [0.2, 0.25) is 11.8 Å². The first-order chi connectivity index (χ1) is 11.0. The van der Waals surface area contributed by atoms with E-state index in [4.69, 9.17) is 5.73 Å². The highest BCUT2D eigenvalue weighted by Gasteiger charge is 1.93. The normalized spacial score (nSPS) is 8.96. The number of rotatable bonds is 1. The van der Waals surface area contributed by atoms with Crippen LogP contribution in [0.3, 0.4) is 0 Å². The minimum Gasteiger partial charge on any atom is -0.366 e. The van der Waals surface area contributed by atoms with Crippen LogP contribution in [-0.2, 0) is 4.79 Å². The van der Waals surface area contributed by atoms with E-state index in [0.717, 1.165) is 0 Å². The van der Waals surface area contributed by atoms with Crippen LogP contribution in [0.1, 0.15) is 17.3 Å². The van der Waals surface area contributed by atoms with Gasteiger partial charge >= 0.3 is 0 Å². The van der Waals surface area contributed by atoms with Crippen molar-refractivity contribution in [3.63, 3.8) is 0 Å². The van der Waals surface area contributed by atoms with Gasteiger partial charge in [-0.3, -0.25) is 9.59 Å². The molecule has 0 saturated carbocycles. The Morgan fingerprint density at radius 2 is 1.52 bits per heavy atom. The summed E-state index contributed by atoms with van der Waals surface area (Å²) < 4.78 is 1.37. The van der Waals surface area contributed by atoms with E-state index in [1.54, 1.807) is 42.6 Å². The Labute approximate surface area is 139 Å². The largest absolute Gasteiger partial charge is 0.366 e. The van der Waals surface area contributed by atoms with Crippen molar-refractivity contribution in [2.24, 2.45) is 5.73 Å². The Morgan fingerprint density at radius 1 is 0.957 bits per heavy atom. The van der Waals surface area contributed by atoms with Crippen molar-refractivity contribution in [2.45, 2.75) is 6.92 Å². The van der Waals surface area contributed by atoms with Crippen molar-refractivity contribution in [3.05, 3.63) is 71.6 Å². The highest BCUT2D eigenvalue weighted by atomic mass is 32.1. The van der Waals surface area contributed by atoms with Crippen LogP contribution in [-0.4, -0.2) is 18.9 Å². The second-order valence-corrected chi connectivity index (χ2v) is 5.44. The molecule has 0 bridgehead atoms. The van der Waals surface area contributed by atoms with Crippen molar-refractivity contribution in [2.75, 3.05) is 7.05 Å². The number of fused-ring (bicyclic) bond motifs is 1. The number of carbonyl (C=O) groups excluding carboxylic acids is 2. The van der Waals surface area contributed by atoms with Gasteiger partial charge in [0.1, 0.15) is 0 Å². The van der Waals surface area contributed by atoms with E-state index >= 15 is 0 Å². The topological polar surface area (TPSA) is 72.2 Å². The molecule has 0 unspecified atom stereocenters. The van der Waals surface area contributed by atoms with Crippen LogP contribution in [0.4, 0.5) is 0 Å². The number of primary amides is 1. The van der Waals surface area contributed by atoms with E-state index < -0.39 is 0 Å². The van der Waals surface area contributed by atoms with E-state index in [9.17, 15) is 9.59 Å². The molecule has 23 heavy (non-hydrogen) atoms. The van der Waals surface area contributed by atoms with Gasteiger partial charge in [-0.05, 0) is 35.0 Å². The smallest absolute Gasteiger partial charge is 0.248 e. The van der Waals surface area contributed by atoms with Gasteiger partial charge in [0, 0.05) is 24.2 Å². The summed E-state index contributed by atoms with van der Waals surface area (Å²) in [6.45, 7) is 1.47. The van der Waals surface area contributed by atoms with Gasteiger partial charge in [0.25, 0.3) is 0 Å². The van der Waals surface area contributed by atoms with Gasteiger partial charge in [-0.2, -0.15) is 0 Å². The Hall–Kier alpha value is -2.66. The number of nitrogens with two attached hydrogens (primary N) is 1. The van der Waals surface area contributed by atoms with Gasteiger partial charge in [-0.15, -0.1) is 11.3 Å². The average Bonchev–Trinajstić information content (AvgIpc) is 3.05. The Morgan fingerprint density at radius 3 is 2.00 bits per heavy atom. The molecule has 3 N–H and O–H groups in total. The zero-order valence-electron chi connectivity index (χ0n) is 13.2. The summed E-state index contributed by atoms with van der Waals surface area (Å²) in [7, 11) is 1.60. The Kier molecular flexibility index (Phi) is 8.10. The van der Waals surface area contributed by atoms with Crippen LogP contribution in [0.2, 0.25) is 0 Å². The molecule has 0 aliphatic rings. The molecule has 3 rings (SSSR count). The maximum atomic E-state index is 10.4. The zero-order chi connectivity index (χ0) is 17.1. The Bertz CT molecular complexity index is 709. The molecule has 0 aliphatic carbocycles. The first kappa shape index (κ1) is 18.4. The SMILES string of the molecule is CNC(C)=O.NC(=O)c1ccccc1.c1ccc2sccc2c1. The van der Waals surface area contributed by atoms with E-state index in [-0.39, 0.29) is 11.8 Å². The molecule has 3 aromatic rings. The number of hydrogen-bond donors (Lipinski definition) is 2. The van der Waals surface area contributed by atoms with Crippen LogP contribution < -0.4 is 11.1 Å². The molecule has 2 aromatic carbocycles. The molecule has 0 atom stereocenters. The highest BCUT2D eigenvalue weighted by molar-refractivity contribution is 7.17. The minimum absolute atomic E-state index is 0.00463. The van der Waals surface area contributed by atoms with Crippen molar-refractivity contribution >= 4 is 33.2 Å². The second kappa shape index (κ2) is 10.1. The molecule has 0 fully saturated rings.